The lowest BCUT2D eigenvalue weighted by Crippen LogP contribution is -2.32. The van der Waals surface area contributed by atoms with Crippen LogP contribution < -0.4 is 5.73 Å². The number of thioether (sulfide) groups is 1. The number of hydrogen-bond donors (Lipinski definition) is 1. The van der Waals surface area contributed by atoms with Gasteiger partial charge in [-0.2, -0.15) is 11.8 Å². The van der Waals surface area contributed by atoms with Gasteiger partial charge in [0.15, 0.2) is 0 Å². The summed E-state index contributed by atoms with van der Waals surface area (Å²) >= 11 is 1.82. The highest BCUT2D eigenvalue weighted by Gasteiger charge is 2.12. The Labute approximate surface area is 107 Å². The maximum Gasteiger partial charge on any atom is 0.322 e. The summed E-state index contributed by atoms with van der Waals surface area (Å²) < 4.78 is 4.57. The normalized spacial score (nSPS) is 12.1. The molecule has 0 fully saturated rings. The zero-order valence-corrected chi connectivity index (χ0v) is 10.9. The fourth-order valence-electron chi connectivity index (χ4n) is 1.42. The zero-order chi connectivity index (χ0) is 12.5. The fourth-order valence-corrected chi connectivity index (χ4v) is 2.42. The highest BCUT2D eigenvalue weighted by atomic mass is 32.2. The van der Waals surface area contributed by atoms with E-state index in [1.165, 1.54) is 12.7 Å². The molecule has 2 N–H and O–H groups in total. The topological polar surface area (TPSA) is 52.3 Å². The van der Waals surface area contributed by atoms with Crippen molar-refractivity contribution in [3.05, 3.63) is 35.9 Å². The van der Waals surface area contributed by atoms with Crippen molar-refractivity contribution in [2.24, 2.45) is 5.73 Å². The Morgan fingerprint density at radius 1 is 1.35 bits per heavy atom. The van der Waals surface area contributed by atoms with Gasteiger partial charge in [-0.25, -0.2) is 0 Å². The molecule has 1 rings (SSSR count). The molecule has 0 saturated carbocycles. The van der Waals surface area contributed by atoms with Crippen LogP contribution in [0.15, 0.2) is 30.3 Å². The summed E-state index contributed by atoms with van der Waals surface area (Å²) in [6, 6.07) is 9.89. The molecule has 1 aromatic carbocycles. The first-order valence-electron chi connectivity index (χ1n) is 5.69. The molecule has 0 aliphatic rings. The SMILES string of the molecule is COC(=O)C(N)CCSCCc1ccccc1. The molecular weight excluding hydrogens is 234 g/mol. The average Bonchev–Trinajstić information content (AvgIpc) is 2.38. The summed E-state index contributed by atoms with van der Waals surface area (Å²) in [6.07, 6.45) is 1.73. The Morgan fingerprint density at radius 2 is 2.06 bits per heavy atom. The lowest BCUT2D eigenvalue weighted by molar-refractivity contribution is -0.142. The van der Waals surface area contributed by atoms with Gasteiger partial charge in [-0.05, 0) is 29.9 Å². The molecule has 17 heavy (non-hydrogen) atoms. The smallest absolute Gasteiger partial charge is 0.322 e. The van der Waals surface area contributed by atoms with Gasteiger partial charge in [0.2, 0.25) is 0 Å². The van der Waals surface area contributed by atoms with Gasteiger partial charge in [-0.1, -0.05) is 30.3 Å². The summed E-state index contributed by atoms with van der Waals surface area (Å²) in [7, 11) is 1.37. The van der Waals surface area contributed by atoms with Gasteiger partial charge < -0.3 is 10.5 Å². The maximum absolute atomic E-state index is 11.0. The van der Waals surface area contributed by atoms with E-state index >= 15 is 0 Å². The monoisotopic (exact) mass is 253 g/mol. The molecular formula is C13H19NO2S. The predicted molar refractivity (Wildman–Crippen MR) is 72.1 cm³/mol. The lowest BCUT2D eigenvalue weighted by atomic mass is 10.2. The molecule has 4 heteroatoms. The van der Waals surface area contributed by atoms with E-state index in [-0.39, 0.29) is 5.97 Å². The number of esters is 1. The first kappa shape index (κ1) is 14.1. The summed E-state index contributed by atoms with van der Waals surface area (Å²) in [5, 5.41) is 0. The second-order valence-electron chi connectivity index (χ2n) is 3.77. The molecule has 0 saturated heterocycles. The number of methoxy groups -OCH3 is 1. The van der Waals surface area contributed by atoms with E-state index in [4.69, 9.17) is 5.73 Å². The molecule has 0 bridgehead atoms. The van der Waals surface area contributed by atoms with Crippen LogP contribution in [-0.2, 0) is 16.0 Å². The summed E-state index contributed by atoms with van der Waals surface area (Å²) in [5.41, 5.74) is 6.98. The maximum atomic E-state index is 11.0. The van der Waals surface area contributed by atoms with E-state index in [9.17, 15) is 4.79 Å². The third-order valence-corrected chi connectivity index (χ3v) is 3.47. The molecule has 0 spiro atoms. The van der Waals surface area contributed by atoms with Gasteiger partial charge in [0, 0.05) is 0 Å². The molecule has 1 atom stereocenters. The molecule has 0 heterocycles. The highest BCUT2D eigenvalue weighted by molar-refractivity contribution is 7.99. The van der Waals surface area contributed by atoms with E-state index in [1.54, 1.807) is 0 Å². The second kappa shape index (κ2) is 8.14. The third-order valence-electron chi connectivity index (χ3n) is 2.46. The van der Waals surface area contributed by atoms with Crippen molar-refractivity contribution in [2.45, 2.75) is 18.9 Å². The summed E-state index contributed by atoms with van der Waals surface area (Å²) in [6.45, 7) is 0. The molecule has 1 unspecified atom stereocenters. The van der Waals surface area contributed by atoms with Crippen LogP contribution in [0.4, 0.5) is 0 Å². The number of aryl methyl sites for hydroxylation is 1. The Balaban J connectivity index is 2.07. The average molecular weight is 253 g/mol. The van der Waals surface area contributed by atoms with Gasteiger partial charge >= 0.3 is 5.97 Å². The standard InChI is InChI=1S/C13H19NO2S/c1-16-13(15)12(14)8-10-17-9-7-11-5-3-2-4-6-11/h2-6,12H,7-10,14H2,1H3. The van der Waals surface area contributed by atoms with Crippen LogP contribution in [0.2, 0.25) is 0 Å². The van der Waals surface area contributed by atoms with Gasteiger partial charge in [-0.3, -0.25) is 4.79 Å². The van der Waals surface area contributed by atoms with Gasteiger partial charge in [0.1, 0.15) is 6.04 Å². The molecule has 0 radical (unpaired) electrons. The first-order chi connectivity index (χ1) is 8.24. The Kier molecular flexibility index (Phi) is 6.74. The number of rotatable bonds is 7. The Morgan fingerprint density at radius 3 is 2.71 bits per heavy atom. The quantitative estimate of drug-likeness (QED) is 0.595. The van der Waals surface area contributed by atoms with Crippen LogP contribution in [0.5, 0.6) is 0 Å². The molecule has 0 amide bonds. The van der Waals surface area contributed by atoms with E-state index in [0.29, 0.717) is 6.42 Å². The zero-order valence-electron chi connectivity index (χ0n) is 10.1. The second-order valence-corrected chi connectivity index (χ2v) is 4.99. The van der Waals surface area contributed by atoms with Gasteiger partial charge in [0.25, 0.3) is 0 Å². The lowest BCUT2D eigenvalue weighted by Gasteiger charge is -2.08. The van der Waals surface area contributed by atoms with Crippen LogP contribution in [0.25, 0.3) is 0 Å². The van der Waals surface area contributed by atoms with E-state index < -0.39 is 6.04 Å². The number of nitrogens with two attached hydrogens (primary N) is 1. The van der Waals surface area contributed by atoms with E-state index in [1.807, 2.05) is 30.0 Å². The van der Waals surface area contributed by atoms with Crippen molar-refractivity contribution in [3.8, 4) is 0 Å². The van der Waals surface area contributed by atoms with Crippen molar-refractivity contribution in [1.82, 2.24) is 0 Å². The number of ether oxygens (including phenoxy) is 1. The minimum absolute atomic E-state index is 0.325. The minimum Gasteiger partial charge on any atom is -0.468 e. The number of hydrogen-bond acceptors (Lipinski definition) is 4. The van der Waals surface area contributed by atoms with E-state index in [0.717, 1.165) is 17.9 Å². The largest absolute Gasteiger partial charge is 0.468 e. The summed E-state index contributed by atoms with van der Waals surface area (Å²) in [4.78, 5) is 11.0. The molecule has 0 aliphatic carbocycles. The van der Waals surface area contributed by atoms with Crippen molar-refractivity contribution in [3.63, 3.8) is 0 Å². The van der Waals surface area contributed by atoms with Crippen molar-refractivity contribution < 1.29 is 9.53 Å². The Hall–Kier alpha value is -1.00. The number of benzene rings is 1. The molecule has 1 aromatic rings. The van der Waals surface area contributed by atoms with Crippen LogP contribution in [-0.4, -0.2) is 30.6 Å². The van der Waals surface area contributed by atoms with Crippen LogP contribution in [0.1, 0.15) is 12.0 Å². The predicted octanol–water partition coefficient (Wildman–Crippen LogP) is 1.85. The fraction of sp³-hybridized carbons (Fsp3) is 0.462. The minimum atomic E-state index is -0.482. The number of carbonyl (C=O) groups is 1. The first-order valence-corrected chi connectivity index (χ1v) is 6.84. The summed E-state index contributed by atoms with van der Waals surface area (Å²) in [5.74, 6) is 1.62. The highest BCUT2D eigenvalue weighted by Crippen LogP contribution is 2.09. The van der Waals surface area contributed by atoms with Crippen LogP contribution in [0, 0.1) is 0 Å². The van der Waals surface area contributed by atoms with E-state index in [2.05, 4.69) is 16.9 Å². The van der Waals surface area contributed by atoms with Gasteiger partial charge in [0.05, 0.1) is 7.11 Å². The molecule has 0 aliphatic heterocycles. The molecule has 94 valence electrons. The van der Waals surface area contributed by atoms with Crippen molar-refractivity contribution >= 4 is 17.7 Å². The molecule has 3 nitrogen and oxygen atoms in total. The number of carbonyl (C=O) groups excluding carboxylic acids is 1. The van der Waals surface area contributed by atoms with Crippen LogP contribution in [0.3, 0.4) is 0 Å². The van der Waals surface area contributed by atoms with Crippen LogP contribution >= 0.6 is 11.8 Å². The Bertz CT molecular complexity index is 329. The van der Waals surface area contributed by atoms with Crippen molar-refractivity contribution in [2.75, 3.05) is 18.6 Å². The third kappa shape index (κ3) is 5.75. The van der Waals surface area contributed by atoms with Gasteiger partial charge in [-0.15, -0.1) is 0 Å². The van der Waals surface area contributed by atoms with Crippen molar-refractivity contribution in [1.29, 1.82) is 0 Å². The molecule has 0 aromatic heterocycles.